The van der Waals surface area contributed by atoms with E-state index in [1.165, 1.54) is 37.7 Å². The summed E-state index contributed by atoms with van der Waals surface area (Å²) in [6.07, 6.45) is 1.81. The first-order valence-corrected chi connectivity index (χ1v) is 8.82. The maximum Gasteiger partial charge on any atom is 0.0701 e. The molecule has 0 fully saturated rings. The van der Waals surface area contributed by atoms with Gasteiger partial charge in [-0.1, -0.05) is 84.9 Å². The van der Waals surface area contributed by atoms with Crippen molar-refractivity contribution in [1.29, 1.82) is 0 Å². The standard InChI is InChI=1S/C16H10.C9H7N/c1-3-11-7-9-13-5-2-6-14-10-8-12(4-1)15(11)16(13)14;1-2-6-9-8(4-1)5-3-7-10-9/h1-10H;1-7H. The molecule has 0 saturated carbocycles. The van der Waals surface area contributed by atoms with Gasteiger partial charge in [-0.2, -0.15) is 0 Å². The second-order valence-corrected chi connectivity index (χ2v) is 6.49. The molecule has 0 radical (unpaired) electrons. The first-order valence-electron chi connectivity index (χ1n) is 8.82. The second kappa shape index (κ2) is 6.12. The third-order valence-electron chi connectivity index (χ3n) is 4.90. The summed E-state index contributed by atoms with van der Waals surface area (Å²) >= 11 is 0. The lowest BCUT2D eigenvalue weighted by Crippen LogP contribution is -1.82. The van der Waals surface area contributed by atoms with Crippen LogP contribution < -0.4 is 0 Å². The van der Waals surface area contributed by atoms with Crippen LogP contribution in [0.1, 0.15) is 0 Å². The molecule has 1 heteroatoms. The average molecular weight is 331 g/mol. The van der Waals surface area contributed by atoms with Crippen molar-refractivity contribution in [2.45, 2.75) is 0 Å². The molecule has 26 heavy (non-hydrogen) atoms. The Morgan fingerprint density at radius 1 is 0.385 bits per heavy atom. The van der Waals surface area contributed by atoms with E-state index in [1.54, 1.807) is 0 Å². The number of hydrogen-bond acceptors (Lipinski definition) is 1. The van der Waals surface area contributed by atoms with E-state index in [1.807, 2.05) is 30.5 Å². The van der Waals surface area contributed by atoms with Crippen LogP contribution in [0.15, 0.2) is 103 Å². The highest BCUT2D eigenvalue weighted by Crippen LogP contribution is 2.33. The molecule has 0 atom stereocenters. The monoisotopic (exact) mass is 331 g/mol. The van der Waals surface area contributed by atoms with Crippen molar-refractivity contribution in [3.8, 4) is 0 Å². The Morgan fingerprint density at radius 3 is 1.38 bits per heavy atom. The van der Waals surface area contributed by atoms with E-state index in [4.69, 9.17) is 0 Å². The summed E-state index contributed by atoms with van der Waals surface area (Å²) in [6, 6.07) is 33.9. The fourth-order valence-corrected chi connectivity index (χ4v) is 3.69. The number of pyridine rings is 1. The van der Waals surface area contributed by atoms with E-state index in [0.717, 1.165) is 5.52 Å². The molecule has 122 valence electrons. The van der Waals surface area contributed by atoms with Gasteiger partial charge in [-0.15, -0.1) is 0 Å². The third kappa shape index (κ3) is 2.46. The van der Waals surface area contributed by atoms with Gasteiger partial charge in [0.25, 0.3) is 0 Å². The van der Waals surface area contributed by atoms with Gasteiger partial charge in [-0.25, -0.2) is 0 Å². The highest BCUT2D eigenvalue weighted by atomic mass is 14.6. The quantitative estimate of drug-likeness (QED) is 0.278. The first kappa shape index (κ1) is 14.9. The summed E-state index contributed by atoms with van der Waals surface area (Å²) < 4.78 is 0. The summed E-state index contributed by atoms with van der Waals surface area (Å²) in [4.78, 5) is 4.18. The Kier molecular flexibility index (Phi) is 3.50. The van der Waals surface area contributed by atoms with Gasteiger partial charge in [0.05, 0.1) is 5.52 Å². The zero-order chi connectivity index (χ0) is 17.3. The van der Waals surface area contributed by atoms with Gasteiger partial charge in [0.2, 0.25) is 0 Å². The van der Waals surface area contributed by atoms with E-state index in [-0.39, 0.29) is 0 Å². The Balaban J connectivity index is 0.000000129. The van der Waals surface area contributed by atoms with E-state index in [0.29, 0.717) is 0 Å². The van der Waals surface area contributed by atoms with Gasteiger partial charge in [-0.05, 0) is 44.5 Å². The van der Waals surface area contributed by atoms with Crippen LogP contribution in [-0.4, -0.2) is 4.98 Å². The van der Waals surface area contributed by atoms with Crippen molar-refractivity contribution >= 4 is 43.2 Å². The van der Waals surface area contributed by atoms with E-state index >= 15 is 0 Å². The van der Waals surface area contributed by atoms with Crippen molar-refractivity contribution in [1.82, 2.24) is 4.98 Å². The molecule has 0 spiro atoms. The number of para-hydroxylation sites is 1. The van der Waals surface area contributed by atoms with Crippen LogP contribution in [0.2, 0.25) is 0 Å². The SMILES string of the molecule is c1cc2ccc3cccc4ccc(c1)c2c34.c1ccc2ncccc2c1. The van der Waals surface area contributed by atoms with Crippen molar-refractivity contribution in [3.05, 3.63) is 103 Å². The molecule has 5 aromatic carbocycles. The summed E-state index contributed by atoms with van der Waals surface area (Å²) in [7, 11) is 0. The predicted molar refractivity (Wildman–Crippen MR) is 112 cm³/mol. The van der Waals surface area contributed by atoms with Gasteiger partial charge >= 0.3 is 0 Å². The molecule has 1 nitrogen and oxygen atoms in total. The largest absolute Gasteiger partial charge is 0.256 e. The number of hydrogen-bond donors (Lipinski definition) is 0. The van der Waals surface area contributed by atoms with Crippen molar-refractivity contribution in [2.75, 3.05) is 0 Å². The zero-order valence-electron chi connectivity index (χ0n) is 14.3. The number of fused-ring (bicyclic) bond motifs is 1. The smallest absolute Gasteiger partial charge is 0.0701 e. The highest BCUT2D eigenvalue weighted by molar-refractivity contribution is 6.22. The maximum absolute atomic E-state index is 4.18. The maximum atomic E-state index is 4.18. The number of nitrogens with zero attached hydrogens (tertiary/aromatic N) is 1. The summed E-state index contributed by atoms with van der Waals surface area (Å²) in [5, 5.41) is 9.34. The van der Waals surface area contributed by atoms with Gasteiger partial charge in [-0.3, -0.25) is 4.98 Å². The molecule has 1 aromatic heterocycles. The van der Waals surface area contributed by atoms with Crippen LogP contribution in [0.3, 0.4) is 0 Å². The van der Waals surface area contributed by atoms with Crippen molar-refractivity contribution in [3.63, 3.8) is 0 Å². The van der Waals surface area contributed by atoms with Gasteiger partial charge in [0, 0.05) is 11.6 Å². The summed E-state index contributed by atoms with van der Waals surface area (Å²) in [6.45, 7) is 0. The molecule has 0 saturated heterocycles. The fraction of sp³-hybridized carbons (Fsp3) is 0. The van der Waals surface area contributed by atoms with Crippen LogP contribution in [0.4, 0.5) is 0 Å². The molecular formula is C25H17N. The lowest BCUT2D eigenvalue weighted by molar-refractivity contribution is 1.41. The minimum Gasteiger partial charge on any atom is -0.256 e. The van der Waals surface area contributed by atoms with Crippen LogP contribution in [0, 0.1) is 0 Å². The lowest BCUT2D eigenvalue weighted by Gasteiger charge is -2.09. The number of aromatic nitrogens is 1. The van der Waals surface area contributed by atoms with Gasteiger partial charge < -0.3 is 0 Å². The van der Waals surface area contributed by atoms with E-state index < -0.39 is 0 Å². The molecule has 0 aliphatic rings. The normalized spacial score (nSPS) is 11.1. The summed E-state index contributed by atoms with van der Waals surface area (Å²) in [5.74, 6) is 0. The highest BCUT2D eigenvalue weighted by Gasteiger charge is 2.05. The molecule has 0 aliphatic heterocycles. The first-order chi connectivity index (χ1) is 12.9. The fourth-order valence-electron chi connectivity index (χ4n) is 3.69. The van der Waals surface area contributed by atoms with Crippen molar-refractivity contribution < 1.29 is 0 Å². The Bertz CT molecular complexity index is 1140. The Morgan fingerprint density at radius 2 is 0.846 bits per heavy atom. The predicted octanol–water partition coefficient (Wildman–Crippen LogP) is 6.82. The zero-order valence-corrected chi connectivity index (χ0v) is 14.3. The molecule has 1 heterocycles. The second-order valence-electron chi connectivity index (χ2n) is 6.49. The summed E-state index contributed by atoms with van der Waals surface area (Å²) in [5.41, 5.74) is 1.06. The number of rotatable bonds is 0. The number of benzene rings is 5. The molecule has 0 aliphatic carbocycles. The topological polar surface area (TPSA) is 12.9 Å². The minimum absolute atomic E-state index is 1.06. The average Bonchev–Trinajstić information content (AvgIpc) is 2.73. The van der Waals surface area contributed by atoms with Gasteiger partial charge in [0.1, 0.15) is 0 Å². The molecule has 6 rings (SSSR count). The Labute approximate surface area is 151 Å². The lowest BCUT2D eigenvalue weighted by atomic mass is 9.95. The van der Waals surface area contributed by atoms with Crippen molar-refractivity contribution in [2.24, 2.45) is 0 Å². The Hall–Kier alpha value is -3.45. The van der Waals surface area contributed by atoms with E-state index in [9.17, 15) is 0 Å². The molecule has 0 amide bonds. The minimum atomic E-state index is 1.06. The molecule has 0 N–H and O–H groups in total. The molecule has 0 bridgehead atoms. The molecule has 0 unspecified atom stereocenters. The third-order valence-corrected chi connectivity index (χ3v) is 4.90. The van der Waals surface area contributed by atoms with Crippen LogP contribution in [-0.2, 0) is 0 Å². The molecular weight excluding hydrogens is 314 g/mol. The van der Waals surface area contributed by atoms with E-state index in [2.05, 4.69) is 77.8 Å². The van der Waals surface area contributed by atoms with Crippen LogP contribution in [0.5, 0.6) is 0 Å². The van der Waals surface area contributed by atoms with Crippen LogP contribution >= 0.6 is 0 Å². The van der Waals surface area contributed by atoms with Gasteiger partial charge in [0.15, 0.2) is 0 Å². The van der Waals surface area contributed by atoms with Crippen LogP contribution in [0.25, 0.3) is 43.2 Å². The molecule has 6 aromatic rings.